The molecule has 5 nitrogen and oxygen atoms in total. The van der Waals surface area contributed by atoms with Gasteiger partial charge in [-0.1, -0.05) is 133 Å². The molecular formula is C57H35N3O2. The van der Waals surface area contributed by atoms with Crippen molar-refractivity contribution in [1.82, 2.24) is 15.0 Å². The summed E-state index contributed by atoms with van der Waals surface area (Å²) in [6, 6.07) is 69.7. The van der Waals surface area contributed by atoms with Gasteiger partial charge in [0.1, 0.15) is 22.3 Å². The number of aromatic nitrogens is 3. The van der Waals surface area contributed by atoms with E-state index in [0.29, 0.717) is 5.82 Å². The number of furan rings is 2. The van der Waals surface area contributed by atoms with Crippen LogP contribution in [0.15, 0.2) is 221 Å². The van der Waals surface area contributed by atoms with Crippen LogP contribution in [0.2, 0.25) is 0 Å². The first-order valence-corrected chi connectivity index (χ1v) is 20.7. The van der Waals surface area contributed by atoms with E-state index >= 15 is 0 Å². The minimum absolute atomic E-state index is 0.641. The molecule has 0 unspecified atom stereocenters. The van der Waals surface area contributed by atoms with Crippen LogP contribution in [0, 0.1) is 0 Å². The maximum Gasteiger partial charge on any atom is 0.160 e. The van der Waals surface area contributed by atoms with Crippen molar-refractivity contribution >= 4 is 43.9 Å². The van der Waals surface area contributed by atoms with Gasteiger partial charge in [-0.3, -0.25) is 4.98 Å². The van der Waals surface area contributed by atoms with Gasteiger partial charge >= 0.3 is 0 Å². The van der Waals surface area contributed by atoms with Crippen molar-refractivity contribution in [3.8, 4) is 78.4 Å². The lowest BCUT2D eigenvalue weighted by molar-refractivity contribution is 0.668. The topological polar surface area (TPSA) is 65.0 Å². The third-order valence-corrected chi connectivity index (χ3v) is 11.8. The Labute approximate surface area is 357 Å². The fourth-order valence-electron chi connectivity index (χ4n) is 8.70. The SMILES string of the molecule is c1ccc(-c2ccc(-c3nc(-c4cc(-c5ccc6oc7ccccc7c6c5)cc(-c5ccc6oc7ccccc7c6c5)c4)cc(-c4ccccc4-c4cccnc4)n3)cc2)cc1. The summed E-state index contributed by atoms with van der Waals surface area (Å²) in [4.78, 5) is 15.2. The zero-order valence-corrected chi connectivity index (χ0v) is 33.4. The van der Waals surface area contributed by atoms with Gasteiger partial charge in [-0.25, -0.2) is 9.97 Å². The number of para-hydroxylation sites is 2. The normalized spacial score (nSPS) is 11.5. The Morgan fingerprint density at radius 1 is 0.290 bits per heavy atom. The second-order valence-electron chi connectivity index (χ2n) is 15.6. The molecule has 0 N–H and O–H groups in total. The minimum atomic E-state index is 0.641. The summed E-state index contributed by atoms with van der Waals surface area (Å²) >= 11 is 0. The first-order chi connectivity index (χ1) is 30.7. The van der Waals surface area contributed by atoms with Gasteiger partial charge in [0, 0.05) is 56.2 Å². The average Bonchev–Trinajstić information content (AvgIpc) is 3.92. The molecule has 290 valence electrons. The molecule has 0 saturated carbocycles. The number of nitrogens with zero attached hydrogens (tertiary/aromatic N) is 3. The number of pyridine rings is 1. The van der Waals surface area contributed by atoms with Gasteiger partial charge in [0.2, 0.25) is 0 Å². The van der Waals surface area contributed by atoms with Crippen molar-refractivity contribution < 1.29 is 8.83 Å². The molecule has 5 heteroatoms. The largest absolute Gasteiger partial charge is 0.456 e. The van der Waals surface area contributed by atoms with Crippen LogP contribution in [0.3, 0.4) is 0 Å². The van der Waals surface area contributed by atoms with Crippen molar-refractivity contribution in [2.45, 2.75) is 0 Å². The van der Waals surface area contributed by atoms with Crippen LogP contribution in [-0.4, -0.2) is 15.0 Å². The van der Waals surface area contributed by atoms with Gasteiger partial charge < -0.3 is 8.83 Å². The molecule has 8 aromatic carbocycles. The third-order valence-electron chi connectivity index (χ3n) is 11.8. The van der Waals surface area contributed by atoms with Crippen molar-refractivity contribution in [3.05, 3.63) is 213 Å². The van der Waals surface area contributed by atoms with Crippen molar-refractivity contribution in [3.63, 3.8) is 0 Å². The van der Waals surface area contributed by atoms with Crippen LogP contribution >= 0.6 is 0 Å². The summed E-state index contributed by atoms with van der Waals surface area (Å²) < 4.78 is 12.5. The molecule has 0 spiro atoms. The number of hydrogen-bond donors (Lipinski definition) is 0. The number of benzene rings is 8. The first-order valence-electron chi connectivity index (χ1n) is 20.7. The molecule has 0 aliphatic carbocycles. The molecule has 0 atom stereocenters. The van der Waals surface area contributed by atoms with Crippen LogP contribution in [0.4, 0.5) is 0 Å². The van der Waals surface area contributed by atoms with Gasteiger partial charge in [-0.15, -0.1) is 0 Å². The molecule has 0 saturated heterocycles. The van der Waals surface area contributed by atoms with Crippen molar-refractivity contribution in [1.29, 1.82) is 0 Å². The molecule has 0 amide bonds. The highest BCUT2D eigenvalue weighted by Crippen LogP contribution is 2.40. The highest BCUT2D eigenvalue weighted by Gasteiger charge is 2.18. The van der Waals surface area contributed by atoms with Crippen LogP contribution in [0.25, 0.3) is 122 Å². The summed E-state index contributed by atoms with van der Waals surface area (Å²) in [5, 5.41) is 4.34. The summed E-state index contributed by atoms with van der Waals surface area (Å²) in [6.45, 7) is 0. The van der Waals surface area contributed by atoms with Crippen molar-refractivity contribution in [2.24, 2.45) is 0 Å². The average molecular weight is 794 g/mol. The van der Waals surface area contributed by atoms with Crippen LogP contribution in [-0.2, 0) is 0 Å². The molecule has 0 aliphatic heterocycles. The van der Waals surface area contributed by atoms with Crippen molar-refractivity contribution in [2.75, 3.05) is 0 Å². The lowest BCUT2D eigenvalue weighted by atomic mass is 9.93. The first kappa shape index (κ1) is 35.5. The van der Waals surface area contributed by atoms with E-state index in [2.05, 4.69) is 169 Å². The Hall–Kier alpha value is -8.41. The standard InChI is InChI=1S/C57H35N3O2/c1-2-11-36(12-3-1)37-20-22-38(23-21-37)57-59-51(34-52(60-57)46-15-5-4-14-45(46)41-13-10-28-58-35-41)44-30-42(39-24-26-55-49(32-39)47-16-6-8-18-53(47)61-55)29-43(31-44)40-25-27-56-50(33-40)48-17-7-9-19-54(48)62-56/h1-35H. The molecule has 0 radical (unpaired) electrons. The van der Waals surface area contributed by atoms with E-state index in [0.717, 1.165) is 116 Å². The summed E-state index contributed by atoms with van der Waals surface area (Å²) in [7, 11) is 0. The molecule has 0 fully saturated rings. The Bertz CT molecular complexity index is 3490. The Balaban J connectivity index is 1.08. The lowest BCUT2D eigenvalue weighted by Crippen LogP contribution is -1.98. The van der Waals surface area contributed by atoms with Gasteiger partial charge in [-0.2, -0.15) is 0 Å². The van der Waals surface area contributed by atoms with Gasteiger partial charge in [0.25, 0.3) is 0 Å². The van der Waals surface area contributed by atoms with Crippen LogP contribution in [0.1, 0.15) is 0 Å². The number of rotatable bonds is 7. The molecule has 12 aromatic rings. The van der Waals surface area contributed by atoms with E-state index in [1.807, 2.05) is 42.6 Å². The second kappa shape index (κ2) is 14.7. The lowest BCUT2D eigenvalue weighted by Gasteiger charge is -2.15. The monoisotopic (exact) mass is 793 g/mol. The number of hydrogen-bond acceptors (Lipinski definition) is 5. The molecule has 12 rings (SSSR count). The third kappa shape index (κ3) is 6.32. The molecule has 4 heterocycles. The summed E-state index contributed by atoms with van der Waals surface area (Å²) in [5.74, 6) is 0.641. The molecule has 0 bridgehead atoms. The second-order valence-corrected chi connectivity index (χ2v) is 15.6. The zero-order valence-electron chi connectivity index (χ0n) is 33.4. The predicted octanol–water partition coefficient (Wildman–Crippen LogP) is 15.3. The summed E-state index contributed by atoms with van der Waals surface area (Å²) in [5.41, 5.74) is 16.6. The van der Waals surface area contributed by atoms with Gasteiger partial charge in [-0.05, 0) is 106 Å². The molecule has 62 heavy (non-hydrogen) atoms. The Morgan fingerprint density at radius 3 is 1.44 bits per heavy atom. The van der Waals surface area contributed by atoms with E-state index in [-0.39, 0.29) is 0 Å². The smallest absolute Gasteiger partial charge is 0.160 e. The Kier molecular flexibility index (Phi) is 8.42. The molecule has 0 aliphatic rings. The highest BCUT2D eigenvalue weighted by molar-refractivity contribution is 6.08. The highest BCUT2D eigenvalue weighted by atomic mass is 16.3. The van der Waals surface area contributed by atoms with E-state index < -0.39 is 0 Å². The van der Waals surface area contributed by atoms with Crippen LogP contribution in [0.5, 0.6) is 0 Å². The fourth-order valence-corrected chi connectivity index (χ4v) is 8.70. The predicted molar refractivity (Wildman–Crippen MR) is 252 cm³/mol. The van der Waals surface area contributed by atoms with E-state index in [9.17, 15) is 0 Å². The maximum atomic E-state index is 6.25. The zero-order chi connectivity index (χ0) is 41.0. The van der Waals surface area contributed by atoms with E-state index in [1.54, 1.807) is 6.20 Å². The summed E-state index contributed by atoms with van der Waals surface area (Å²) in [6.07, 6.45) is 3.70. The van der Waals surface area contributed by atoms with Crippen LogP contribution < -0.4 is 0 Å². The minimum Gasteiger partial charge on any atom is -0.456 e. The van der Waals surface area contributed by atoms with Gasteiger partial charge in [0.05, 0.1) is 11.4 Å². The van der Waals surface area contributed by atoms with Gasteiger partial charge in [0.15, 0.2) is 5.82 Å². The quantitative estimate of drug-likeness (QED) is 0.161. The molecule has 4 aromatic heterocycles. The fraction of sp³-hybridized carbons (Fsp3) is 0. The van der Waals surface area contributed by atoms with E-state index in [1.165, 1.54) is 0 Å². The number of fused-ring (bicyclic) bond motifs is 6. The molecular weight excluding hydrogens is 759 g/mol. The maximum absolute atomic E-state index is 6.25. The van der Waals surface area contributed by atoms with E-state index in [4.69, 9.17) is 18.8 Å². The Morgan fingerprint density at radius 2 is 0.790 bits per heavy atom.